The van der Waals surface area contributed by atoms with E-state index in [1.54, 1.807) is 12.4 Å². The number of carbonyl (C=O) groups is 1. The van der Waals surface area contributed by atoms with Crippen LogP contribution in [0.1, 0.15) is 49.2 Å². The van der Waals surface area contributed by atoms with Crippen LogP contribution in [0.2, 0.25) is 0 Å². The Morgan fingerprint density at radius 3 is 2.69 bits per heavy atom. The summed E-state index contributed by atoms with van der Waals surface area (Å²) in [4.78, 5) is 28.2. The van der Waals surface area contributed by atoms with E-state index in [1.165, 1.54) is 5.56 Å². The van der Waals surface area contributed by atoms with Gasteiger partial charge in [0.1, 0.15) is 5.82 Å². The number of likely N-dealkylation sites (tertiary alicyclic amines) is 1. The summed E-state index contributed by atoms with van der Waals surface area (Å²) in [5, 5.41) is 0. The first kappa shape index (κ1) is 19.3. The third-order valence-corrected chi connectivity index (χ3v) is 5.66. The number of imidazole rings is 1. The summed E-state index contributed by atoms with van der Waals surface area (Å²) in [6, 6.07) is 10.2. The van der Waals surface area contributed by atoms with Crippen LogP contribution in [0.25, 0.3) is 5.82 Å². The second-order valence-corrected chi connectivity index (χ2v) is 7.51. The average molecular weight is 390 g/mol. The molecule has 1 aromatic carbocycles. The van der Waals surface area contributed by atoms with Crippen LogP contribution in [0.3, 0.4) is 0 Å². The highest BCUT2D eigenvalue weighted by molar-refractivity contribution is 5.76. The van der Waals surface area contributed by atoms with E-state index in [1.807, 2.05) is 40.1 Å². The van der Waals surface area contributed by atoms with Crippen LogP contribution in [0.15, 0.2) is 55.1 Å². The van der Waals surface area contributed by atoms with Gasteiger partial charge in [-0.3, -0.25) is 14.3 Å². The molecule has 1 amide bonds. The zero-order valence-electron chi connectivity index (χ0n) is 16.9. The van der Waals surface area contributed by atoms with Gasteiger partial charge in [-0.25, -0.2) is 9.97 Å². The number of rotatable bonds is 6. The van der Waals surface area contributed by atoms with Crippen molar-refractivity contribution in [1.29, 1.82) is 0 Å². The number of nitrogens with zero attached hydrogens (tertiary/aromatic N) is 5. The fraction of sp³-hybridized carbons (Fsp3) is 0.391. The largest absolute Gasteiger partial charge is 0.343 e. The molecular formula is C23H27N5O. The van der Waals surface area contributed by atoms with E-state index in [4.69, 9.17) is 4.98 Å². The minimum absolute atomic E-state index is 0.248. The van der Waals surface area contributed by atoms with Crippen molar-refractivity contribution in [3.63, 3.8) is 0 Å². The molecule has 0 atom stereocenters. The summed E-state index contributed by atoms with van der Waals surface area (Å²) in [7, 11) is 0. The number of aromatic nitrogens is 4. The molecule has 0 radical (unpaired) electrons. The average Bonchev–Trinajstić information content (AvgIpc) is 3.27. The molecule has 1 aliphatic heterocycles. The third-order valence-electron chi connectivity index (χ3n) is 5.66. The van der Waals surface area contributed by atoms with Crippen molar-refractivity contribution in [2.45, 2.75) is 44.9 Å². The number of hydrogen-bond donors (Lipinski definition) is 0. The Morgan fingerprint density at radius 2 is 1.93 bits per heavy atom. The van der Waals surface area contributed by atoms with E-state index < -0.39 is 0 Å². The molecule has 150 valence electrons. The van der Waals surface area contributed by atoms with Gasteiger partial charge in [0.15, 0.2) is 5.82 Å². The van der Waals surface area contributed by atoms with Gasteiger partial charge in [-0.2, -0.15) is 0 Å². The van der Waals surface area contributed by atoms with Crippen molar-refractivity contribution in [1.82, 2.24) is 24.4 Å². The Labute approximate surface area is 171 Å². The molecule has 6 nitrogen and oxygen atoms in total. The van der Waals surface area contributed by atoms with E-state index in [9.17, 15) is 4.79 Å². The predicted octanol–water partition coefficient (Wildman–Crippen LogP) is 3.56. The Kier molecular flexibility index (Phi) is 5.98. The summed E-state index contributed by atoms with van der Waals surface area (Å²) in [6.45, 7) is 3.66. The first-order valence-corrected chi connectivity index (χ1v) is 10.4. The Balaban J connectivity index is 1.35. The molecule has 0 aliphatic carbocycles. The van der Waals surface area contributed by atoms with Gasteiger partial charge in [-0.15, -0.1) is 0 Å². The van der Waals surface area contributed by atoms with Crippen molar-refractivity contribution in [3.8, 4) is 5.82 Å². The Bertz CT molecular complexity index is 945. The molecule has 0 spiro atoms. The molecular weight excluding hydrogens is 362 g/mol. The molecule has 3 aromatic rings. The Morgan fingerprint density at radius 1 is 1.14 bits per heavy atom. The number of carbonyl (C=O) groups excluding carboxylic acids is 1. The van der Waals surface area contributed by atoms with Crippen LogP contribution in [-0.4, -0.2) is 43.4 Å². The molecule has 2 aromatic heterocycles. The van der Waals surface area contributed by atoms with Crippen molar-refractivity contribution in [2.75, 3.05) is 13.1 Å². The highest BCUT2D eigenvalue weighted by atomic mass is 16.2. The van der Waals surface area contributed by atoms with Gasteiger partial charge in [0.25, 0.3) is 0 Å². The number of amides is 1. The second kappa shape index (κ2) is 8.99. The minimum Gasteiger partial charge on any atom is -0.343 e. The topological polar surface area (TPSA) is 63.9 Å². The molecule has 6 heteroatoms. The van der Waals surface area contributed by atoms with Crippen LogP contribution in [-0.2, 0) is 17.6 Å². The fourth-order valence-electron chi connectivity index (χ4n) is 3.97. The lowest BCUT2D eigenvalue weighted by atomic mass is 9.93. The summed E-state index contributed by atoms with van der Waals surface area (Å²) in [5.74, 6) is 2.39. The van der Waals surface area contributed by atoms with Gasteiger partial charge < -0.3 is 4.90 Å². The van der Waals surface area contributed by atoms with Gasteiger partial charge in [-0.1, -0.05) is 37.3 Å². The summed E-state index contributed by atoms with van der Waals surface area (Å²) < 4.78 is 2.00. The van der Waals surface area contributed by atoms with Gasteiger partial charge in [-0.05, 0) is 24.8 Å². The van der Waals surface area contributed by atoms with Crippen LogP contribution < -0.4 is 0 Å². The van der Waals surface area contributed by atoms with E-state index in [-0.39, 0.29) is 5.91 Å². The SMILES string of the molecule is CCc1nccn1-c1cncc(C2CCN(C(=O)CCc3ccccc3)CC2)n1. The van der Waals surface area contributed by atoms with Crippen molar-refractivity contribution in [3.05, 3.63) is 72.2 Å². The summed E-state index contributed by atoms with van der Waals surface area (Å²) >= 11 is 0. The zero-order chi connectivity index (χ0) is 20.1. The molecule has 0 bridgehead atoms. The van der Waals surface area contributed by atoms with Crippen molar-refractivity contribution >= 4 is 5.91 Å². The molecule has 1 saturated heterocycles. The first-order valence-electron chi connectivity index (χ1n) is 10.4. The standard InChI is InChI=1S/C23H27N5O/c1-2-21-25-12-15-28(21)22-17-24-16-20(26-22)19-10-13-27(14-11-19)23(29)9-8-18-6-4-3-5-7-18/h3-7,12,15-17,19H,2,8-11,13-14H2,1H3. The van der Waals surface area contributed by atoms with Crippen molar-refractivity contribution in [2.24, 2.45) is 0 Å². The van der Waals surface area contributed by atoms with Crippen LogP contribution in [0.4, 0.5) is 0 Å². The predicted molar refractivity (Wildman–Crippen MR) is 112 cm³/mol. The van der Waals surface area contributed by atoms with E-state index in [0.29, 0.717) is 12.3 Å². The Hall–Kier alpha value is -3.02. The van der Waals surface area contributed by atoms with Crippen molar-refractivity contribution < 1.29 is 4.79 Å². The molecule has 4 rings (SSSR count). The third kappa shape index (κ3) is 4.53. The quantitative estimate of drug-likeness (QED) is 0.647. The maximum atomic E-state index is 12.6. The molecule has 29 heavy (non-hydrogen) atoms. The number of aryl methyl sites for hydroxylation is 2. The normalized spacial score (nSPS) is 14.9. The lowest BCUT2D eigenvalue weighted by molar-refractivity contribution is -0.132. The number of hydrogen-bond acceptors (Lipinski definition) is 4. The van der Waals surface area contributed by atoms with Gasteiger partial charge in [0.2, 0.25) is 5.91 Å². The van der Waals surface area contributed by atoms with Crippen LogP contribution in [0.5, 0.6) is 0 Å². The summed E-state index contributed by atoms with van der Waals surface area (Å²) in [5.41, 5.74) is 2.23. The van der Waals surface area contributed by atoms with E-state index in [0.717, 1.165) is 56.1 Å². The molecule has 3 heterocycles. The van der Waals surface area contributed by atoms with Crippen LogP contribution >= 0.6 is 0 Å². The second-order valence-electron chi connectivity index (χ2n) is 7.51. The molecule has 1 aliphatic rings. The minimum atomic E-state index is 0.248. The lowest BCUT2D eigenvalue weighted by Gasteiger charge is -2.32. The maximum Gasteiger partial charge on any atom is 0.222 e. The number of piperidine rings is 1. The summed E-state index contributed by atoms with van der Waals surface area (Å²) in [6.07, 6.45) is 11.5. The lowest BCUT2D eigenvalue weighted by Crippen LogP contribution is -2.38. The molecule has 1 fully saturated rings. The smallest absolute Gasteiger partial charge is 0.222 e. The highest BCUT2D eigenvalue weighted by Gasteiger charge is 2.25. The highest BCUT2D eigenvalue weighted by Crippen LogP contribution is 2.27. The van der Waals surface area contributed by atoms with E-state index >= 15 is 0 Å². The van der Waals surface area contributed by atoms with Crippen LogP contribution in [0, 0.1) is 0 Å². The van der Waals surface area contributed by atoms with E-state index in [2.05, 4.69) is 29.0 Å². The fourth-order valence-corrected chi connectivity index (χ4v) is 3.97. The maximum absolute atomic E-state index is 12.6. The first-order chi connectivity index (χ1) is 14.2. The monoisotopic (exact) mass is 389 g/mol. The van der Waals surface area contributed by atoms with Gasteiger partial charge in [0, 0.05) is 50.4 Å². The molecule has 0 N–H and O–H groups in total. The molecule has 0 saturated carbocycles. The number of benzene rings is 1. The zero-order valence-corrected chi connectivity index (χ0v) is 16.9. The molecule has 0 unspecified atom stereocenters. The van der Waals surface area contributed by atoms with Gasteiger partial charge >= 0.3 is 0 Å². The van der Waals surface area contributed by atoms with Gasteiger partial charge in [0.05, 0.1) is 11.9 Å².